The molecular weight excluding hydrogens is 196 g/mol. The molecule has 0 spiro atoms. The van der Waals surface area contributed by atoms with Gasteiger partial charge in [0, 0.05) is 5.56 Å². The predicted octanol–water partition coefficient (Wildman–Crippen LogP) is 0.919. The zero-order valence-corrected chi connectivity index (χ0v) is 6.80. The minimum absolute atomic E-state index is 0.0200. The highest BCUT2D eigenvalue weighted by Crippen LogP contribution is 2.14. The van der Waals surface area contributed by atoms with Crippen LogP contribution in [0.15, 0.2) is 16.7 Å². The number of aromatic nitrogens is 1. The Morgan fingerprint density at radius 1 is 1.60 bits per heavy atom. The predicted molar refractivity (Wildman–Crippen MR) is 42.3 cm³/mol. The molecule has 0 saturated carbocycles. The molecule has 3 N–H and O–H groups in total. The van der Waals surface area contributed by atoms with E-state index in [2.05, 4.69) is 20.9 Å². The van der Waals surface area contributed by atoms with Crippen LogP contribution < -0.4 is 5.73 Å². The molecule has 0 aromatic carbocycles. The van der Waals surface area contributed by atoms with Crippen LogP contribution in [0.1, 0.15) is 5.56 Å². The Balaban J connectivity index is 3.07. The second-order valence-electron chi connectivity index (χ2n) is 1.84. The molecule has 1 rings (SSSR count). The number of anilines is 1. The van der Waals surface area contributed by atoms with E-state index in [-0.39, 0.29) is 6.61 Å². The van der Waals surface area contributed by atoms with E-state index < -0.39 is 0 Å². The highest BCUT2D eigenvalue weighted by Gasteiger charge is 1.98. The maximum Gasteiger partial charge on any atom is 0.124 e. The molecule has 54 valence electrons. The summed E-state index contributed by atoms with van der Waals surface area (Å²) in [4.78, 5) is 3.88. The van der Waals surface area contributed by atoms with E-state index in [1.165, 1.54) is 0 Å². The van der Waals surface area contributed by atoms with Crippen molar-refractivity contribution in [2.45, 2.75) is 6.61 Å². The van der Waals surface area contributed by atoms with Crippen molar-refractivity contribution in [2.75, 3.05) is 5.73 Å². The lowest BCUT2D eigenvalue weighted by molar-refractivity contribution is 0.280. The van der Waals surface area contributed by atoms with Crippen molar-refractivity contribution in [3.63, 3.8) is 0 Å². The van der Waals surface area contributed by atoms with Gasteiger partial charge in [0.05, 0.1) is 6.61 Å². The third kappa shape index (κ3) is 1.46. The van der Waals surface area contributed by atoms with Crippen LogP contribution in [-0.2, 0) is 6.61 Å². The summed E-state index contributed by atoms with van der Waals surface area (Å²) in [5.74, 6) is 0.448. The first-order valence-electron chi connectivity index (χ1n) is 2.76. The van der Waals surface area contributed by atoms with Gasteiger partial charge in [-0.2, -0.15) is 0 Å². The van der Waals surface area contributed by atoms with Crippen LogP contribution >= 0.6 is 15.9 Å². The highest BCUT2D eigenvalue weighted by molar-refractivity contribution is 9.10. The molecule has 0 aliphatic heterocycles. The first kappa shape index (κ1) is 7.50. The molecule has 1 aromatic rings. The number of rotatable bonds is 1. The van der Waals surface area contributed by atoms with Crippen LogP contribution in [0, 0.1) is 0 Å². The number of hydrogen-bond donors (Lipinski definition) is 2. The Bertz CT molecular complexity index is 239. The highest BCUT2D eigenvalue weighted by atomic mass is 79.9. The maximum absolute atomic E-state index is 8.70. The number of aliphatic hydroxyl groups is 1. The van der Waals surface area contributed by atoms with Gasteiger partial charge in [-0.3, -0.25) is 0 Å². The molecule has 0 amide bonds. The number of aliphatic hydroxyl groups excluding tert-OH is 1. The molecule has 0 radical (unpaired) electrons. The number of nitrogens with two attached hydrogens (primary N) is 1. The quantitative estimate of drug-likeness (QED) is 0.667. The number of halogens is 1. The van der Waals surface area contributed by atoms with Crippen LogP contribution in [0.25, 0.3) is 0 Å². The Kier molecular flexibility index (Phi) is 2.24. The second kappa shape index (κ2) is 2.98. The third-order valence-electron chi connectivity index (χ3n) is 1.12. The molecular formula is C6H7BrN2O. The number of hydrogen-bond acceptors (Lipinski definition) is 3. The minimum atomic E-state index is -0.0200. The van der Waals surface area contributed by atoms with Gasteiger partial charge in [0.1, 0.15) is 10.4 Å². The van der Waals surface area contributed by atoms with Crippen LogP contribution in [0.4, 0.5) is 5.82 Å². The topological polar surface area (TPSA) is 59.1 Å². The summed E-state index contributed by atoms with van der Waals surface area (Å²) in [6.07, 6.45) is 0. The Hall–Kier alpha value is -0.610. The van der Waals surface area contributed by atoms with Gasteiger partial charge in [-0.1, -0.05) is 6.07 Å². The standard InChI is InChI=1S/C6H7BrN2O/c7-6-4(3-10)1-2-5(8)9-6/h1-2,10H,3H2,(H2,8,9). The molecule has 1 heterocycles. The molecule has 0 bridgehead atoms. The Morgan fingerprint density at radius 3 is 2.80 bits per heavy atom. The summed E-state index contributed by atoms with van der Waals surface area (Å²) in [6, 6.07) is 3.38. The monoisotopic (exact) mass is 202 g/mol. The summed E-state index contributed by atoms with van der Waals surface area (Å²) >= 11 is 3.16. The number of nitrogens with zero attached hydrogens (tertiary/aromatic N) is 1. The molecule has 3 nitrogen and oxygen atoms in total. The lowest BCUT2D eigenvalue weighted by Crippen LogP contribution is -1.93. The minimum Gasteiger partial charge on any atom is -0.392 e. The molecule has 4 heteroatoms. The first-order chi connectivity index (χ1) is 4.74. The Labute approximate surface area is 67.0 Å². The fraction of sp³-hybridized carbons (Fsp3) is 0.167. The molecule has 1 aromatic heterocycles. The molecule has 10 heavy (non-hydrogen) atoms. The van der Waals surface area contributed by atoms with Gasteiger partial charge in [0.15, 0.2) is 0 Å². The van der Waals surface area contributed by atoms with E-state index in [0.29, 0.717) is 10.4 Å². The van der Waals surface area contributed by atoms with Crippen LogP contribution in [0.5, 0.6) is 0 Å². The maximum atomic E-state index is 8.70. The van der Waals surface area contributed by atoms with Gasteiger partial charge in [-0.15, -0.1) is 0 Å². The average molecular weight is 203 g/mol. The largest absolute Gasteiger partial charge is 0.392 e. The summed E-state index contributed by atoms with van der Waals surface area (Å²) in [5.41, 5.74) is 6.10. The zero-order chi connectivity index (χ0) is 7.56. The first-order valence-corrected chi connectivity index (χ1v) is 3.55. The van der Waals surface area contributed by atoms with Crippen molar-refractivity contribution in [3.05, 3.63) is 22.3 Å². The van der Waals surface area contributed by atoms with Crippen LogP contribution in [0.2, 0.25) is 0 Å². The van der Waals surface area contributed by atoms with Gasteiger partial charge in [0.25, 0.3) is 0 Å². The molecule has 0 aliphatic rings. The Morgan fingerprint density at radius 2 is 2.30 bits per heavy atom. The summed E-state index contributed by atoms with van der Waals surface area (Å²) in [5, 5.41) is 8.70. The van der Waals surface area contributed by atoms with E-state index in [1.807, 2.05) is 0 Å². The number of pyridine rings is 1. The van der Waals surface area contributed by atoms with Crippen molar-refractivity contribution in [1.29, 1.82) is 0 Å². The van der Waals surface area contributed by atoms with E-state index in [0.717, 1.165) is 5.56 Å². The average Bonchev–Trinajstić information content (AvgIpc) is 1.88. The second-order valence-corrected chi connectivity index (χ2v) is 2.60. The van der Waals surface area contributed by atoms with Crippen LogP contribution in [0.3, 0.4) is 0 Å². The summed E-state index contributed by atoms with van der Waals surface area (Å²) in [6.45, 7) is -0.0200. The fourth-order valence-corrected chi connectivity index (χ4v) is 1.06. The molecule has 0 fully saturated rings. The number of nitrogen functional groups attached to an aromatic ring is 1. The summed E-state index contributed by atoms with van der Waals surface area (Å²) < 4.78 is 0.606. The normalized spacial score (nSPS) is 9.80. The van der Waals surface area contributed by atoms with E-state index in [1.54, 1.807) is 12.1 Å². The van der Waals surface area contributed by atoms with Gasteiger partial charge < -0.3 is 10.8 Å². The van der Waals surface area contributed by atoms with Gasteiger partial charge >= 0.3 is 0 Å². The van der Waals surface area contributed by atoms with E-state index >= 15 is 0 Å². The van der Waals surface area contributed by atoms with Crippen molar-refractivity contribution < 1.29 is 5.11 Å². The van der Waals surface area contributed by atoms with Gasteiger partial charge in [0.2, 0.25) is 0 Å². The van der Waals surface area contributed by atoms with Crippen molar-refractivity contribution in [1.82, 2.24) is 4.98 Å². The zero-order valence-electron chi connectivity index (χ0n) is 5.21. The van der Waals surface area contributed by atoms with Crippen molar-refractivity contribution in [2.24, 2.45) is 0 Å². The fourth-order valence-electron chi connectivity index (χ4n) is 0.595. The lowest BCUT2D eigenvalue weighted by Gasteiger charge is -1.98. The van der Waals surface area contributed by atoms with Gasteiger partial charge in [-0.05, 0) is 22.0 Å². The molecule has 0 atom stereocenters. The SMILES string of the molecule is Nc1ccc(CO)c(Br)n1. The smallest absolute Gasteiger partial charge is 0.124 e. The van der Waals surface area contributed by atoms with E-state index in [4.69, 9.17) is 10.8 Å². The summed E-state index contributed by atoms with van der Waals surface area (Å²) in [7, 11) is 0. The lowest BCUT2D eigenvalue weighted by atomic mass is 10.3. The van der Waals surface area contributed by atoms with Crippen molar-refractivity contribution in [3.8, 4) is 0 Å². The van der Waals surface area contributed by atoms with Gasteiger partial charge in [-0.25, -0.2) is 4.98 Å². The molecule has 0 unspecified atom stereocenters. The van der Waals surface area contributed by atoms with Crippen LogP contribution in [-0.4, -0.2) is 10.1 Å². The van der Waals surface area contributed by atoms with E-state index in [9.17, 15) is 0 Å². The third-order valence-corrected chi connectivity index (χ3v) is 1.80. The molecule has 0 aliphatic carbocycles. The molecule has 0 saturated heterocycles. The van der Waals surface area contributed by atoms with Crippen molar-refractivity contribution >= 4 is 21.7 Å².